The van der Waals surface area contributed by atoms with Crippen molar-refractivity contribution in [2.45, 2.75) is 6.92 Å². The largest absolute Gasteiger partial charge is 0.361 e. The summed E-state index contributed by atoms with van der Waals surface area (Å²) in [4.78, 5) is 0. The van der Waals surface area contributed by atoms with Crippen LogP contribution in [-0.2, 0) is 13.6 Å². The minimum atomic E-state index is -3.05. The third-order valence-electron chi connectivity index (χ3n) is 1.61. The Morgan fingerprint density at radius 2 is 1.92 bits per heavy atom. The van der Waals surface area contributed by atoms with Crippen molar-refractivity contribution in [3.63, 3.8) is 0 Å². The summed E-state index contributed by atoms with van der Waals surface area (Å²) in [5, 5.41) is 0.597. The molecule has 0 heterocycles. The van der Waals surface area contributed by atoms with Gasteiger partial charge in [-0.3, -0.25) is 4.57 Å². The Kier molecular flexibility index (Phi) is 3.67. The van der Waals surface area contributed by atoms with Crippen molar-refractivity contribution in [1.82, 2.24) is 0 Å². The standard InChI is InChI=1S/C9H13O3P/c1-3-12-13(10,11-2)9-7-5-4-6-8-9/h4-8H,3H2,1-2H3. The molecule has 0 spiro atoms. The second-order valence-electron chi connectivity index (χ2n) is 2.43. The van der Waals surface area contributed by atoms with Crippen molar-refractivity contribution >= 4 is 12.9 Å². The average molecular weight is 200 g/mol. The van der Waals surface area contributed by atoms with E-state index in [2.05, 4.69) is 0 Å². The van der Waals surface area contributed by atoms with Gasteiger partial charge < -0.3 is 9.05 Å². The summed E-state index contributed by atoms with van der Waals surface area (Å²) in [7, 11) is -1.66. The van der Waals surface area contributed by atoms with Gasteiger partial charge in [-0.15, -0.1) is 0 Å². The van der Waals surface area contributed by atoms with Gasteiger partial charge in [0.1, 0.15) is 0 Å². The van der Waals surface area contributed by atoms with Gasteiger partial charge in [0, 0.05) is 7.11 Å². The number of benzene rings is 1. The zero-order chi connectivity index (χ0) is 9.73. The van der Waals surface area contributed by atoms with E-state index in [1.165, 1.54) is 7.11 Å². The molecule has 0 saturated heterocycles. The third kappa shape index (κ3) is 2.41. The van der Waals surface area contributed by atoms with Gasteiger partial charge in [-0.2, -0.15) is 0 Å². The van der Waals surface area contributed by atoms with Crippen molar-refractivity contribution in [2.75, 3.05) is 13.7 Å². The van der Waals surface area contributed by atoms with Crippen LogP contribution in [-0.4, -0.2) is 13.7 Å². The molecule has 1 aromatic rings. The van der Waals surface area contributed by atoms with E-state index >= 15 is 0 Å². The molecule has 0 amide bonds. The molecule has 1 atom stereocenters. The van der Waals surface area contributed by atoms with E-state index in [1.54, 1.807) is 31.2 Å². The van der Waals surface area contributed by atoms with Crippen LogP contribution in [0.4, 0.5) is 0 Å². The van der Waals surface area contributed by atoms with E-state index in [1.807, 2.05) is 6.07 Å². The van der Waals surface area contributed by atoms with Crippen LogP contribution in [0.15, 0.2) is 30.3 Å². The van der Waals surface area contributed by atoms with E-state index in [-0.39, 0.29) is 0 Å². The minimum Gasteiger partial charge on any atom is -0.309 e. The zero-order valence-electron chi connectivity index (χ0n) is 7.77. The van der Waals surface area contributed by atoms with Gasteiger partial charge in [0.2, 0.25) is 0 Å². The normalized spacial score (nSPS) is 15.2. The Hall–Kier alpha value is -0.630. The fourth-order valence-corrected chi connectivity index (χ4v) is 2.36. The fourth-order valence-electron chi connectivity index (χ4n) is 1.01. The van der Waals surface area contributed by atoms with Crippen LogP contribution >= 0.6 is 7.60 Å². The van der Waals surface area contributed by atoms with E-state index < -0.39 is 7.60 Å². The summed E-state index contributed by atoms with van der Waals surface area (Å²) < 4.78 is 21.9. The molecule has 0 aliphatic rings. The van der Waals surface area contributed by atoms with Crippen LogP contribution in [0, 0.1) is 0 Å². The van der Waals surface area contributed by atoms with Crippen LogP contribution in [0.3, 0.4) is 0 Å². The monoisotopic (exact) mass is 200 g/mol. The smallest absolute Gasteiger partial charge is 0.309 e. The predicted octanol–water partition coefficient (Wildman–Crippen LogP) is 2.19. The minimum absolute atomic E-state index is 0.375. The van der Waals surface area contributed by atoms with Crippen LogP contribution < -0.4 is 5.30 Å². The van der Waals surface area contributed by atoms with Crippen LogP contribution in [0.1, 0.15) is 6.92 Å². The van der Waals surface area contributed by atoms with Gasteiger partial charge in [-0.25, -0.2) is 0 Å². The van der Waals surface area contributed by atoms with Crippen molar-refractivity contribution < 1.29 is 13.6 Å². The molecule has 0 aromatic heterocycles. The number of hydrogen-bond donors (Lipinski definition) is 0. The lowest BCUT2D eigenvalue weighted by Crippen LogP contribution is -2.08. The fraction of sp³-hybridized carbons (Fsp3) is 0.333. The van der Waals surface area contributed by atoms with E-state index in [0.29, 0.717) is 11.9 Å². The molecule has 72 valence electrons. The highest BCUT2D eigenvalue weighted by Crippen LogP contribution is 2.45. The second-order valence-corrected chi connectivity index (χ2v) is 4.57. The zero-order valence-corrected chi connectivity index (χ0v) is 8.66. The Labute approximate surface area is 78.2 Å². The first-order valence-corrected chi connectivity index (χ1v) is 5.63. The van der Waals surface area contributed by atoms with E-state index in [0.717, 1.165) is 0 Å². The van der Waals surface area contributed by atoms with Gasteiger partial charge in [-0.05, 0) is 19.1 Å². The molecule has 3 nitrogen and oxygen atoms in total. The molecule has 0 fully saturated rings. The summed E-state index contributed by atoms with van der Waals surface area (Å²) in [6.45, 7) is 2.16. The maximum absolute atomic E-state index is 11.9. The Morgan fingerprint density at radius 3 is 2.38 bits per heavy atom. The Morgan fingerprint density at radius 1 is 1.31 bits per heavy atom. The molecule has 1 rings (SSSR count). The molecular formula is C9H13O3P. The molecule has 0 N–H and O–H groups in total. The second kappa shape index (κ2) is 4.56. The molecule has 1 unspecified atom stereocenters. The van der Waals surface area contributed by atoms with Gasteiger partial charge >= 0.3 is 7.60 Å². The highest BCUT2D eigenvalue weighted by molar-refractivity contribution is 7.62. The van der Waals surface area contributed by atoms with Crippen molar-refractivity contribution in [2.24, 2.45) is 0 Å². The molecule has 1 aromatic carbocycles. The average Bonchev–Trinajstić information content (AvgIpc) is 2.19. The maximum Gasteiger partial charge on any atom is 0.361 e. The lowest BCUT2D eigenvalue weighted by atomic mass is 10.4. The quantitative estimate of drug-likeness (QED) is 0.699. The molecule has 4 heteroatoms. The number of rotatable bonds is 4. The number of hydrogen-bond acceptors (Lipinski definition) is 3. The van der Waals surface area contributed by atoms with Crippen molar-refractivity contribution in [1.29, 1.82) is 0 Å². The highest BCUT2D eigenvalue weighted by atomic mass is 31.2. The van der Waals surface area contributed by atoms with Gasteiger partial charge in [0.25, 0.3) is 0 Å². The van der Waals surface area contributed by atoms with E-state index in [9.17, 15) is 4.57 Å². The Balaban J connectivity index is 2.96. The summed E-state index contributed by atoms with van der Waals surface area (Å²) in [6.07, 6.45) is 0. The first-order chi connectivity index (χ1) is 6.23. The summed E-state index contributed by atoms with van der Waals surface area (Å²) >= 11 is 0. The van der Waals surface area contributed by atoms with Gasteiger partial charge in [-0.1, -0.05) is 18.2 Å². The van der Waals surface area contributed by atoms with Crippen LogP contribution in [0.2, 0.25) is 0 Å². The summed E-state index contributed by atoms with van der Waals surface area (Å²) in [5.41, 5.74) is 0. The SMILES string of the molecule is CCOP(=O)(OC)c1ccccc1. The van der Waals surface area contributed by atoms with Gasteiger partial charge in [0.15, 0.2) is 0 Å². The molecule has 13 heavy (non-hydrogen) atoms. The van der Waals surface area contributed by atoms with Crippen LogP contribution in [0.25, 0.3) is 0 Å². The first-order valence-electron chi connectivity index (χ1n) is 4.09. The molecule has 0 saturated carbocycles. The summed E-state index contributed by atoms with van der Waals surface area (Å²) in [6, 6.07) is 8.94. The molecule has 0 bridgehead atoms. The first kappa shape index (κ1) is 10.5. The highest BCUT2D eigenvalue weighted by Gasteiger charge is 2.24. The lowest BCUT2D eigenvalue weighted by molar-refractivity contribution is 0.254. The van der Waals surface area contributed by atoms with Crippen molar-refractivity contribution in [3.05, 3.63) is 30.3 Å². The van der Waals surface area contributed by atoms with E-state index in [4.69, 9.17) is 9.05 Å². The topological polar surface area (TPSA) is 35.5 Å². The molecule has 0 aliphatic heterocycles. The third-order valence-corrected chi connectivity index (χ3v) is 3.62. The predicted molar refractivity (Wildman–Crippen MR) is 52.3 cm³/mol. The molecule has 0 radical (unpaired) electrons. The Bertz CT molecular complexity index is 297. The van der Waals surface area contributed by atoms with Gasteiger partial charge in [0.05, 0.1) is 11.9 Å². The summed E-state index contributed by atoms with van der Waals surface area (Å²) in [5.74, 6) is 0. The molecular weight excluding hydrogens is 187 g/mol. The van der Waals surface area contributed by atoms with Crippen LogP contribution in [0.5, 0.6) is 0 Å². The van der Waals surface area contributed by atoms with Crippen molar-refractivity contribution in [3.8, 4) is 0 Å². The lowest BCUT2D eigenvalue weighted by Gasteiger charge is -2.14. The maximum atomic E-state index is 11.9. The molecule has 0 aliphatic carbocycles.